The fraction of sp³-hybridized carbons (Fsp3) is 0.364. The molecule has 0 radical (unpaired) electrons. The first-order chi connectivity index (χ1) is 14.2. The molecule has 2 aliphatic rings. The Balaban J connectivity index is 1.78. The van der Waals surface area contributed by atoms with Crippen LogP contribution < -0.4 is 5.32 Å². The van der Waals surface area contributed by atoms with Crippen molar-refractivity contribution >= 4 is 45.4 Å². The fourth-order valence-electron chi connectivity index (χ4n) is 4.52. The van der Waals surface area contributed by atoms with E-state index < -0.39 is 22.7 Å². The molecule has 2 aromatic rings. The zero-order chi connectivity index (χ0) is 21.6. The Morgan fingerprint density at radius 3 is 2.40 bits per heavy atom. The highest BCUT2D eigenvalue weighted by atomic mass is 127. The van der Waals surface area contributed by atoms with Gasteiger partial charge in [-0.1, -0.05) is 70.8 Å². The van der Waals surface area contributed by atoms with Crippen molar-refractivity contribution in [1.82, 2.24) is 5.32 Å². The van der Waals surface area contributed by atoms with E-state index in [0.717, 1.165) is 0 Å². The van der Waals surface area contributed by atoms with Crippen LogP contribution in [0, 0.1) is 11.2 Å². The standard InChI is InChI=1S/C22H20F3IN2OS/c1-20(15-9-5-6-10-16(15)23)21(12-22(24,25)13-21)17(11-26)30-19(28-20)27-18(29)14-7-3-2-4-8-14/h2-10,17H,11-13H2,1H3,(H,27,28,29)/t17-,20-/m1/s1. The van der Waals surface area contributed by atoms with Crippen molar-refractivity contribution in [1.29, 1.82) is 0 Å². The number of thioether (sulfide) groups is 1. The summed E-state index contributed by atoms with van der Waals surface area (Å²) < 4.78 is 43.7. The lowest BCUT2D eigenvalue weighted by Gasteiger charge is -2.61. The van der Waals surface area contributed by atoms with Gasteiger partial charge in [0.25, 0.3) is 5.91 Å². The number of amides is 1. The maximum atomic E-state index is 14.8. The third kappa shape index (κ3) is 3.55. The number of alkyl halides is 3. The molecule has 0 saturated heterocycles. The van der Waals surface area contributed by atoms with E-state index in [1.807, 2.05) is 6.07 Å². The van der Waals surface area contributed by atoms with Gasteiger partial charge in [-0.3, -0.25) is 9.79 Å². The van der Waals surface area contributed by atoms with E-state index in [2.05, 4.69) is 27.9 Å². The summed E-state index contributed by atoms with van der Waals surface area (Å²) in [6, 6.07) is 14.9. The van der Waals surface area contributed by atoms with Gasteiger partial charge in [0.1, 0.15) is 5.82 Å². The second-order valence-corrected chi connectivity index (χ2v) is 9.99. The van der Waals surface area contributed by atoms with Crippen LogP contribution in [0.1, 0.15) is 35.7 Å². The van der Waals surface area contributed by atoms with E-state index in [0.29, 0.717) is 15.2 Å². The first kappa shape index (κ1) is 21.7. The number of halogens is 4. The minimum Gasteiger partial charge on any atom is -0.301 e. The third-order valence-corrected chi connectivity index (χ3v) is 8.91. The van der Waals surface area contributed by atoms with Crippen molar-refractivity contribution in [2.75, 3.05) is 4.43 Å². The van der Waals surface area contributed by atoms with Crippen molar-refractivity contribution in [3.05, 3.63) is 71.5 Å². The van der Waals surface area contributed by atoms with Crippen LogP contribution in [-0.2, 0) is 5.54 Å². The van der Waals surface area contributed by atoms with Crippen LogP contribution in [0.15, 0.2) is 59.6 Å². The van der Waals surface area contributed by atoms with Gasteiger partial charge < -0.3 is 5.32 Å². The summed E-state index contributed by atoms with van der Waals surface area (Å²) in [5, 5.41) is 2.90. The molecule has 1 aliphatic heterocycles. The molecule has 1 aliphatic carbocycles. The maximum absolute atomic E-state index is 14.8. The van der Waals surface area contributed by atoms with E-state index in [4.69, 9.17) is 4.99 Å². The van der Waals surface area contributed by atoms with Gasteiger partial charge in [-0.25, -0.2) is 13.2 Å². The first-order valence-electron chi connectivity index (χ1n) is 9.52. The minimum absolute atomic E-state index is 0.245. The van der Waals surface area contributed by atoms with Gasteiger partial charge in [-0.15, -0.1) is 0 Å². The third-order valence-electron chi connectivity index (χ3n) is 6.11. The number of carbonyl (C=O) groups excluding carboxylic acids is 1. The summed E-state index contributed by atoms with van der Waals surface area (Å²) in [4.78, 5) is 17.4. The highest BCUT2D eigenvalue weighted by molar-refractivity contribution is 14.1. The van der Waals surface area contributed by atoms with Crippen LogP contribution in [0.3, 0.4) is 0 Å². The Kier molecular flexibility index (Phi) is 5.67. The first-order valence-corrected chi connectivity index (χ1v) is 11.9. The molecular formula is C22H20F3IN2OS. The highest BCUT2D eigenvalue weighted by Crippen LogP contribution is 2.68. The van der Waals surface area contributed by atoms with Gasteiger partial charge in [0.15, 0.2) is 5.17 Å². The van der Waals surface area contributed by atoms with Crippen LogP contribution in [0.2, 0.25) is 0 Å². The summed E-state index contributed by atoms with van der Waals surface area (Å²) >= 11 is 3.47. The lowest BCUT2D eigenvalue weighted by molar-refractivity contribution is -0.187. The Morgan fingerprint density at radius 2 is 1.80 bits per heavy atom. The molecule has 0 aromatic heterocycles. The molecule has 1 heterocycles. The molecule has 1 fully saturated rings. The molecule has 0 unspecified atom stereocenters. The number of carbonyl (C=O) groups is 1. The van der Waals surface area contributed by atoms with Crippen LogP contribution in [0.25, 0.3) is 0 Å². The quantitative estimate of drug-likeness (QED) is 0.393. The number of amidine groups is 1. The SMILES string of the molecule is C[C@]1(c2ccccc2F)N=C(NC(=O)c2ccccc2)S[C@H](CI)C12CC(F)(F)C2. The van der Waals surface area contributed by atoms with Crippen molar-refractivity contribution in [2.45, 2.75) is 36.5 Å². The molecule has 1 amide bonds. The largest absolute Gasteiger partial charge is 0.301 e. The topological polar surface area (TPSA) is 41.5 Å². The molecule has 4 rings (SSSR count). The van der Waals surface area contributed by atoms with Gasteiger partial charge in [0, 0.05) is 39.1 Å². The molecule has 2 atom stereocenters. The fourth-order valence-corrected chi connectivity index (χ4v) is 7.25. The zero-order valence-corrected chi connectivity index (χ0v) is 19.1. The van der Waals surface area contributed by atoms with Crippen molar-refractivity contribution < 1.29 is 18.0 Å². The number of hydrogen-bond donors (Lipinski definition) is 1. The van der Waals surface area contributed by atoms with Gasteiger partial charge in [-0.2, -0.15) is 0 Å². The molecular weight excluding hydrogens is 524 g/mol. The van der Waals surface area contributed by atoms with Crippen LogP contribution in [0.4, 0.5) is 13.2 Å². The van der Waals surface area contributed by atoms with Crippen LogP contribution in [0.5, 0.6) is 0 Å². The average Bonchev–Trinajstić information content (AvgIpc) is 2.70. The zero-order valence-electron chi connectivity index (χ0n) is 16.2. The van der Waals surface area contributed by atoms with E-state index in [1.54, 1.807) is 49.4 Å². The molecule has 1 N–H and O–H groups in total. The average molecular weight is 544 g/mol. The monoisotopic (exact) mass is 544 g/mol. The highest BCUT2D eigenvalue weighted by Gasteiger charge is 2.70. The van der Waals surface area contributed by atoms with Gasteiger partial charge >= 0.3 is 0 Å². The Hall–Kier alpha value is -1.55. The second-order valence-electron chi connectivity index (χ2n) is 7.92. The van der Waals surface area contributed by atoms with Gasteiger partial charge in [0.2, 0.25) is 5.92 Å². The Morgan fingerprint density at radius 1 is 1.17 bits per heavy atom. The minimum atomic E-state index is -2.79. The molecule has 3 nitrogen and oxygen atoms in total. The summed E-state index contributed by atoms with van der Waals surface area (Å²) in [5.41, 5.74) is -1.37. The lowest BCUT2D eigenvalue weighted by atomic mass is 9.52. The summed E-state index contributed by atoms with van der Waals surface area (Å²) in [5.74, 6) is -3.61. The Labute approximate surface area is 191 Å². The summed E-state index contributed by atoms with van der Waals surface area (Å²) in [6.45, 7) is 1.72. The van der Waals surface area contributed by atoms with Crippen molar-refractivity contribution in [3.8, 4) is 0 Å². The predicted molar refractivity (Wildman–Crippen MR) is 122 cm³/mol. The molecule has 8 heteroatoms. The van der Waals surface area contributed by atoms with Crippen molar-refractivity contribution in [2.24, 2.45) is 10.4 Å². The molecule has 1 spiro atoms. The van der Waals surface area contributed by atoms with E-state index in [9.17, 15) is 18.0 Å². The lowest BCUT2D eigenvalue weighted by Crippen LogP contribution is -2.64. The number of nitrogens with zero attached hydrogens (tertiary/aromatic N) is 1. The number of aliphatic imine (C=N–C) groups is 1. The van der Waals surface area contributed by atoms with E-state index in [1.165, 1.54) is 17.8 Å². The smallest absolute Gasteiger partial charge is 0.257 e. The normalized spacial score (nSPS) is 26.6. The van der Waals surface area contributed by atoms with Gasteiger partial charge in [-0.05, 0) is 25.1 Å². The number of benzene rings is 2. The maximum Gasteiger partial charge on any atom is 0.257 e. The summed E-state index contributed by atoms with van der Waals surface area (Å²) in [7, 11) is 0. The predicted octanol–water partition coefficient (Wildman–Crippen LogP) is 5.79. The summed E-state index contributed by atoms with van der Waals surface area (Å²) in [6.07, 6.45) is -0.705. The number of rotatable bonds is 3. The Bertz CT molecular complexity index is 993. The molecule has 2 aromatic carbocycles. The number of nitrogens with one attached hydrogen (secondary N) is 1. The number of hydrogen-bond acceptors (Lipinski definition) is 3. The molecule has 1 saturated carbocycles. The molecule has 0 bridgehead atoms. The van der Waals surface area contributed by atoms with Gasteiger partial charge in [0.05, 0.1) is 5.54 Å². The molecule has 158 valence electrons. The second kappa shape index (κ2) is 7.85. The molecule has 30 heavy (non-hydrogen) atoms. The van der Waals surface area contributed by atoms with E-state index in [-0.39, 0.29) is 29.6 Å². The van der Waals surface area contributed by atoms with Crippen LogP contribution in [-0.4, -0.2) is 26.7 Å². The van der Waals surface area contributed by atoms with E-state index >= 15 is 0 Å². The van der Waals surface area contributed by atoms with Crippen molar-refractivity contribution in [3.63, 3.8) is 0 Å². The van der Waals surface area contributed by atoms with Crippen LogP contribution >= 0.6 is 34.4 Å².